The number of esters is 1. The summed E-state index contributed by atoms with van der Waals surface area (Å²) in [6.45, 7) is 7.38. The summed E-state index contributed by atoms with van der Waals surface area (Å²) in [5.41, 5.74) is 1.88. The van der Waals surface area contributed by atoms with E-state index < -0.39 is 5.97 Å². The number of anilines is 1. The highest BCUT2D eigenvalue weighted by Crippen LogP contribution is 2.25. The number of rotatable bonds is 9. The first-order chi connectivity index (χ1) is 16.6. The molecule has 0 spiro atoms. The van der Waals surface area contributed by atoms with E-state index in [1.54, 1.807) is 26.1 Å². The van der Waals surface area contributed by atoms with E-state index in [9.17, 15) is 9.59 Å². The molecule has 1 aromatic heterocycles. The van der Waals surface area contributed by atoms with Crippen molar-refractivity contribution in [2.45, 2.75) is 46.1 Å². The predicted molar refractivity (Wildman–Crippen MR) is 143 cm³/mol. The topological polar surface area (TPSA) is 86.0 Å². The number of hydrogen-bond donors (Lipinski definition) is 0. The highest BCUT2D eigenvalue weighted by atomic mass is 79.9. The first-order valence-corrected chi connectivity index (χ1v) is 12.3. The number of carbonyl (C=O) groups excluding carboxylic acids is 1. The third-order valence-electron chi connectivity index (χ3n) is 5.43. The number of halogens is 1. The fourth-order valence-corrected chi connectivity index (χ4v) is 3.73. The molecule has 0 N–H and O–H groups in total. The van der Waals surface area contributed by atoms with Gasteiger partial charge in [0.05, 0.1) is 23.2 Å². The van der Waals surface area contributed by atoms with Gasteiger partial charge in [-0.15, -0.1) is 0 Å². The normalized spacial score (nSPS) is 12.3. The standard InChI is InChI=1S/C26H31BrN4O4/c1-7-17(4)25-29-22-11-9-19(27)12-21(22)26(33)31(25)28-14-18-8-10-20(30(5)6)13-23(18)34-15-24(32)35-16(2)3/h8-14,16-17H,7,15H2,1-6H3/t17-/m1/s1. The maximum Gasteiger partial charge on any atom is 0.344 e. The first kappa shape index (κ1) is 26.4. The Morgan fingerprint density at radius 3 is 2.60 bits per heavy atom. The molecular formula is C26H31BrN4O4. The molecule has 1 heterocycles. The van der Waals surface area contributed by atoms with Crippen LogP contribution in [-0.4, -0.2) is 48.7 Å². The molecule has 0 saturated heterocycles. The van der Waals surface area contributed by atoms with Crippen molar-refractivity contribution in [3.8, 4) is 5.75 Å². The van der Waals surface area contributed by atoms with Gasteiger partial charge in [-0.3, -0.25) is 4.79 Å². The van der Waals surface area contributed by atoms with Crippen LogP contribution in [0.5, 0.6) is 5.75 Å². The summed E-state index contributed by atoms with van der Waals surface area (Å²) in [7, 11) is 3.83. The van der Waals surface area contributed by atoms with E-state index in [0.717, 1.165) is 16.6 Å². The molecule has 0 bridgehead atoms. The predicted octanol–water partition coefficient (Wildman–Crippen LogP) is 4.95. The van der Waals surface area contributed by atoms with Crippen LogP contribution in [0.3, 0.4) is 0 Å². The summed E-state index contributed by atoms with van der Waals surface area (Å²) in [4.78, 5) is 32.1. The molecule has 0 saturated carbocycles. The molecule has 35 heavy (non-hydrogen) atoms. The van der Waals surface area contributed by atoms with Gasteiger partial charge in [-0.05, 0) is 50.6 Å². The molecule has 0 unspecified atom stereocenters. The number of ether oxygens (including phenoxy) is 2. The van der Waals surface area contributed by atoms with Gasteiger partial charge in [0.1, 0.15) is 11.6 Å². The van der Waals surface area contributed by atoms with Gasteiger partial charge in [0.2, 0.25) is 0 Å². The van der Waals surface area contributed by atoms with Crippen molar-refractivity contribution in [2.24, 2.45) is 5.10 Å². The fraction of sp³-hybridized carbons (Fsp3) is 0.385. The number of benzene rings is 2. The number of fused-ring (bicyclic) bond motifs is 1. The van der Waals surface area contributed by atoms with Gasteiger partial charge >= 0.3 is 5.97 Å². The van der Waals surface area contributed by atoms with Gasteiger partial charge in [-0.25, -0.2) is 9.78 Å². The van der Waals surface area contributed by atoms with Gasteiger partial charge in [0.15, 0.2) is 6.61 Å². The van der Waals surface area contributed by atoms with Crippen molar-refractivity contribution in [1.82, 2.24) is 9.66 Å². The van der Waals surface area contributed by atoms with Gasteiger partial charge in [0, 0.05) is 41.8 Å². The van der Waals surface area contributed by atoms with E-state index in [0.29, 0.717) is 28.0 Å². The highest BCUT2D eigenvalue weighted by molar-refractivity contribution is 9.10. The quantitative estimate of drug-likeness (QED) is 0.281. The molecule has 0 radical (unpaired) electrons. The van der Waals surface area contributed by atoms with Crippen molar-refractivity contribution >= 4 is 44.7 Å². The Kier molecular flexibility index (Phi) is 8.67. The highest BCUT2D eigenvalue weighted by Gasteiger charge is 2.16. The molecule has 3 rings (SSSR count). The summed E-state index contributed by atoms with van der Waals surface area (Å²) < 4.78 is 13.1. The Morgan fingerprint density at radius 1 is 1.20 bits per heavy atom. The van der Waals surface area contributed by atoms with Crippen molar-refractivity contribution in [3.63, 3.8) is 0 Å². The summed E-state index contributed by atoms with van der Waals surface area (Å²) >= 11 is 3.43. The minimum atomic E-state index is -0.460. The summed E-state index contributed by atoms with van der Waals surface area (Å²) in [6, 6.07) is 11.0. The fourth-order valence-electron chi connectivity index (χ4n) is 3.37. The molecule has 8 nitrogen and oxygen atoms in total. The largest absolute Gasteiger partial charge is 0.481 e. The van der Waals surface area contributed by atoms with Crippen LogP contribution in [0, 0.1) is 0 Å². The molecule has 3 aromatic rings. The summed E-state index contributed by atoms with van der Waals surface area (Å²) in [5, 5.41) is 5.00. The minimum Gasteiger partial charge on any atom is -0.481 e. The monoisotopic (exact) mass is 542 g/mol. The van der Waals surface area contributed by atoms with E-state index in [1.165, 1.54) is 4.68 Å². The Hall–Kier alpha value is -3.20. The molecule has 0 aliphatic rings. The lowest BCUT2D eigenvalue weighted by atomic mass is 10.1. The zero-order chi connectivity index (χ0) is 25.7. The number of hydrogen-bond acceptors (Lipinski definition) is 7. The second kappa shape index (κ2) is 11.5. The van der Waals surface area contributed by atoms with Crippen molar-refractivity contribution in [2.75, 3.05) is 25.6 Å². The van der Waals surface area contributed by atoms with Crippen LogP contribution in [0.25, 0.3) is 10.9 Å². The van der Waals surface area contributed by atoms with E-state index in [-0.39, 0.29) is 24.2 Å². The van der Waals surface area contributed by atoms with E-state index in [2.05, 4.69) is 21.0 Å². The molecule has 1 atom stereocenters. The Balaban J connectivity index is 2.06. The third kappa shape index (κ3) is 6.48. The van der Waals surface area contributed by atoms with Crippen molar-refractivity contribution in [1.29, 1.82) is 0 Å². The maximum atomic E-state index is 13.4. The Bertz CT molecular complexity index is 1300. The summed E-state index contributed by atoms with van der Waals surface area (Å²) in [6.07, 6.45) is 2.13. The molecule has 0 aliphatic heterocycles. The lowest BCUT2D eigenvalue weighted by molar-refractivity contribution is -0.149. The second-order valence-electron chi connectivity index (χ2n) is 8.75. The van der Waals surface area contributed by atoms with Gasteiger partial charge in [0.25, 0.3) is 5.56 Å². The van der Waals surface area contributed by atoms with E-state index >= 15 is 0 Å². The molecule has 2 aromatic carbocycles. The average molecular weight is 543 g/mol. The van der Waals surface area contributed by atoms with Crippen LogP contribution in [0.15, 0.2) is 50.8 Å². The molecule has 9 heteroatoms. The van der Waals surface area contributed by atoms with Crippen molar-refractivity contribution < 1.29 is 14.3 Å². The second-order valence-corrected chi connectivity index (χ2v) is 9.66. The average Bonchev–Trinajstić information content (AvgIpc) is 2.81. The first-order valence-electron chi connectivity index (χ1n) is 11.5. The van der Waals surface area contributed by atoms with E-state index in [1.807, 2.05) is 63.2 Å². The van der Waals surface area contributed by atoms with Crippen LogP contribution in [0.2, 0.25) is 0 Å². The third-order valence-corrected chi connectivity index (χ3v) is 5.92. The molecular weight excluding hydrogens is 512 g/mol. The molecule has 0 aliphatic carbocycles. The van der Waals surface area contributed by atoms with Crippen LogP contribution < -0.4 is 15.2 Å². The van der Waals surface area contributed by atoms with Gasteiger partial charge in [-0.1, -0.05) is 29.8 Å². The lowest BCUT2D eigenvalue weighted by Crippen LogP contribution is -2.24. The van der Waals surface area contributed by atoms with Gasteiger partial charge in [-0.2, -0.15) is 9.78 Å². The van der Waals surface area contributed by atoms with Gasteiger partial charge < -0.3 is 14.4 Å². The van der Waals surface area contributed by atoms with Crippen LogP contribution in [0.4, 0.5) is 5.69 Å². The van der Waals surface area contributed by atoms with E-state index in [4.69, 9.17) is 14.5 Å². The van der Waals surface area contributed by atoms with Crippen LogP contribution in [-0.2, 0) is 9.53 Å². The number of aromatic nitrogens is 2. The zero-order valence-electron chi connectivity index (χ0n) is 20.9. The minimum absolute atomic E-state index is 0.0190. The zero-order valence-corrected chi connectivity index (χ0v) is 22.5. The molecule has 0 amide bonds. The summed E-state index contributed by atoms with van der Waals surface area (Å²) in [5.74, 6) is 0.593. The van der Waals surface area contributed by atoms with Crippen LogP contribution >= 0.6 is 15.9 Å². The number of carbonyl (C=O) groups is 1. The molecule has 0 fully saturated rings. The Labute approximate surface area is 213 Å². The van der Waals surface area contributed by atoms with Crippen molar-refractivity contribution in [3.05, 3.63) is 62.6 Å². The number of nitrogens with zero attached hydrogens (tertiary/aromatic N) is 4. The smallest absolute Gasteiger partial charge is 0.344 e. The Morgan fingerprint density at radius 2 is 1.94 bits per heavy atom. The lowest BCUT2D eigenvalue weighted by Gasteiger charge is -2.17. The maximum absolute atomic E-state index is 13.4. The SMILES string of the molecule is CC[C@@H](C)c1nc2ccc(Br)cc2c(=O)n1N=Cc1ccc(N(C)C)cc1OCC(=O)OC(C)C. The van der Waals surface area contributed by atoms with Crippen LogP contribution in [0.1, 0.15) is 51.4 Å². The molecule has 186 valence electrons.